The number of hydrogen-bond acceptors (Lipinski definition) is 5. The van der Waals surface area contributed by atoms with Gasteiger partial charge in [0.1, 0.15) is 6.61 Å². The van der Waals surface area contributed by atoms with Gasteiger partial charge in [0.15, 0.2) is 6.29 Å². The molecule has 23 heavy (non-hydrogen) atoms. The third-order valence-electron chi connectivity index (χ3n) is 4.00. The first-order valence-electron chi connectivity index (χ1n) is 7.61. The van der Waals surface area contributed by atoms with Crippen molar-refractivity contribution in [2.24, 2.45) is 10.8 Å². The van der Waals surface area contributed by atoms with Crippen molar-refractivity contribution in [3.8, 4) is 0 Å². The lowest BCUT2D eigenvalue weighted by molar-refractivity contribution is -0.266. The van der Waals surface area contributed by atoms with E-state index < -0.39 is 29.1 Å². The Morgan fingerprint density at radius 2 is 1.96 bits per heavy atom. The van der Waals surface area contributed by atoms with Gasteiger partial charge in [0.05, 0.1) is 13.2 Å². The fraction of sp³-hybridized carbons (Fsp3) is 0.647. The Balaban J connectivity index is 2.72. The third-order valence-corrected chi connectivity index (χ3v) is 4.00. The SMILES string of the molecule is C=CC(=O)OCC(C)(C)C1OCC(C=C(C)C(=O)O)(CC)CO1. The molecule has 1 fully saturated rings. The molecule has 0 aromatic carbocycles. The second-order valence-electron chi connectivity index (χ2n) is 6.60. The second kappa shape index (κ2) is 7.75. The Hall–Kier alpha value is -1.66. The highest BCUT2D eigenvalue weighted by Crippen LogP contribution is 2.36. The van der Waals surface area contributed by atoms with Crippen LogP contribution in [0.4, 0.5) is 0 Å². The van der Waals surface area contributed by atoms with E-state index in [1.807, 2.05) is 20.8 Å². The van der Waals surface area contributed by atoms with Crippen LogP contribution in [-0.2, 0) is 23.8 Å². The summed E-state index contributed by atoms with van der Waals surface area (Å²) in [6.45, 7) is 11.5. The number of aliphatic carboxylic acids is 1. The summed E-state index contributed by atoms with van der Waals surface area (Å²) < 4.78 is 16.7. The summed E-state index contributed by atoms with van der Waals surface area (Å²) in [6, 6.07) is 0. The maximum Gasteiger partial charge on any atom is 0.330 e. The highest BCUT2D eigenvalue weighted by atomic mass is 16.7. The van der Waals surface area contributed by atoms with E-state index in [2.05, 4.69) is 6.58 Å². The van der Waals surface area contributed by atoms with Crippen LogP contribution in [0.3, 0.4) is 0 Å². The molecule has 0 aromatic heterocycles. The maximum atomic E-state index is 11.2. The Morgan fingerprint density at radius 1 is 1.39 bits per heavy atom. The Morgan fingerprint density at radius 3 is 2.39 bits per heavy atom. The minimum absolute atomic E-state index is 0.144. The van der Waals surface area contributed by atoms with E-state index in [1.54, 1.807) is 13.0 Å². The number of hydrogen-bond donors (Lipinski definition) is 1. The highest BCUT2D eigenvalue weighted by molar-refractivity contribution is 5.85. The molecule has 0 atom stereocenters. The molecule has 0 saturated carbocycles. The van der Waals surface area contributed by atoms with Gasteiger partial charge < -0.3 is 19.3 Å². The van der Waals surface area contributed by atoms with E-state index in [4.69, 9.17) is 19.3 Å². The molecule has 1 aliphatic rings. The minimum Gasteiger partial charge on any atom is -0.478 e. The van der Waals surface area contributed by atoms with Gasteiger partial charge >= 0.3 is 11.9 Å². The number of rotatable bonds is 7. The van der Waals surface area contributed by atoms with E-state index in [0.717, 1.165) is 6.08 Å². The largest absolute Gasteiger partial charge is 0.478 e. The van der Waals surface area contributed by atoms with Crippen LogP contribution in [0, 0.1) is 10.8 Å². The zero-order valence-corrected chi connectivity index (χ0v) is 14.3. The molecule has 130 valence electrons. The molecular formula is C17H26O6. The molecule has 0 aliphatic carbocycles. The molecule has 0 unspecified atom stereocenters. The quantitative estimate of drug-likeness (QED) is 0.572. The molecule has 1 heterocycles. The van der Waals surface area contributed by atoms with Crippen LogP contribution in [0.25, 0.3) is 0 Å². The second-order valence-corrected chi connectivity index (χ2v) is 6.60. The van der Waals surface area contributed by atoms with Crippen LogP contribution < -0.4 is 0 Å². The van der Waals surface area contributed by atoms with Crippen molar-refractivity contribution < 1.29 is 28.9 Å². The molecule has 6 heteroatoms. The zero-order chi connectivity index (χ0) is 17.7. The molecule has 1 aliphatic heterocycles. The summed E-state index contributed by atoms with van der Waals surface area (Å²) >= 11 is 0. The average Bonchev–Trinajstić information content (AvgIpc) is 2.52. The number of ether oxygens (including phenoxy) is 3. The lowest BCUT2D eigenvalue weighted by Gasteiger charge is -2.43. The standard InChI is InChI=1S/C17H26O6/c1-6-13(18)21-9-16(4,5)15-22-10-17(7-2,11-23-15)8-12(3)14(19)20/h6,8,15H,1,7,9-11H2,2-5H3,(H,19,20). The number of esters is 1. The Kier molecular flexibility index (Phi) is 6.53. The third kappa shape index (κ3) is 5.18. The van der Waals surface area contributed by atoms with Crippen molar-refractivity contribution in [3.05, 3.63) is 24.3 Å². The predicted octanol–water partition coefficient (Wildman–Crippen LogP) is 2.54. The molecule has 1 N–H and O–H groups in total. The van der Waals surface area contributed by atoms with Gasteiger partial charge in [-0.25, -0.2) is 9.59 Å². The van der Waals surface area contributed by atoms with Crippen LogP contribution in [0.5, 0.6) is 0 Å². The van der Waals surface area contributed by atoms with Crippen molar-refractivity contribution >= 4 is 11.9 Å². The van der Waals surface area contributed by atoms with Gasteiger partial charge in [-0.2, -0.15) is 0 Å². The number of carbonyl (C=O) groups is 2. The van der Waals surface area contributed by atoms with E-state index in [0.29, 0.717) is 19.6 Å². The minimum atomic E-state index is -0.948. The smallest absolute Gasteiger partial charge is 0.330 e. The Labute approximate surface area is 137 Å². The van der Waals surface area contributed by atoms with E-state index in [-0.39, 0.29) is 12.2 Å². The van der Waals surface area contributed by atoms with Crippen molar-refractivity contribution in [1.29, 1.82) is 0 Å². The monoisotopic (exact) mass is 326 g/mol. The number of carbonyl (C=O) groups excluding carboxylic acids is 1. The molecule has 6 nitrogen and oxygen atoms in total. The van der Waals surface area contributed by atoms with Crippen LogP contribution in [0.15, 0.2) is 24.3 Å². The summed E-state index contributed by atoms with van der Waals surface area (Å²) in [5, 5.41) is 9.04. The summed E-state index contributed by atoms with van der Waals surface area (Å²) in [5.74, 6) is -1.44. The fourth-order valence-corrected chi connectivity index (χ4v) is 2.32. The average molecular weight is 326 g/mol. The van der Waals surface area contributed by atoms with Gasteiger partial charge in [-0.15, -0.1) is 0 Å². The van der Waals surface area contributed by atoms with E-state index >= 15 is 0 Å². The summed E-state index contributed by atoms with van der Waals surface area (Å²) in [7, 11) is 0. The maximum absolute atomic E-state index is 11.2. The molecule has 1 saturated heterocycles. The summed E-state index contributed by atoms with van der Waals surface area (Å²) in [4.78, 5) is 22.2. The van der Waals surface area contributed by atoms with Crippen molar-refractivity contribution in [2.75, 3.05) is 19.8 Å². The van der Waals surface area contributed by atoms with Crippen LogP contribution in [0.1, 0.15) is 34.1 Å². The van der Waals surface area contributed by atoms with Gasteiger partial charge in [-0.3, -0.25) is 0 Å². The fourth-order valence-electron chi connectivity index (χ4n) is 2.32. The first-order valence-corrected chi connectivity index (χ1v) is 7.61. The Bertz CT molecular complexity index is 483. The lowest BCUT2D eigenvalue weighted by atomic mass is 9.83. The number of carboxylic acids is 1. The molecular weight excluding hydrogens is 300 g/mol. The zero-order valence-electron chi connectivity index (χ0n) is 14.3. The molecule has 0 bridgehead atoms. The normalized spacial score (nSPS) is 25.7. The topological polar surface area (TPSA) is 82.1 Å². The van der Waals surface area contributed by atoms with Gasteiger partial charge in [0, 0.05) is 22.5 Å². The van der Waals surface area contributed by atoms with Crippen molar-refractivity contribution in [3.63, 3.8) is 0 Å². The molecule has 0 radical (unpaired) electrons. The summed E-state index contributed by atoms with van der Waals surface area (Å²) in [5.41, 5.74) is -0.701. The van der Waals surface area contributed by atoms with Crippen molar-refractivity contribution in [2.45, 2.75) is 40.4 Å². The van der Waals surface area contributed by atoms with Crippen LogP contribution >= 0.6 is 0 Å². The number of carboxylic acid groups (broad SMARTS) is 1. The molecule has 0 amide bonds. The van der Waals surface area contributed by atoms with Crippen LogP contribution in [0.2, 0.25) is 0 Å². The first kappa shape index (κ1) is 19.4. The molecule has 0 spiro atoms. The first-order chi connectivity index (χ1) is 10.7. The van der Waals surface area contributed by atoms with Gasteiger partial charge in [-0.1, -0.05) is 33.4 Å². The van der Waals surface area contributed by atoms with Gasteiger partial charge in [0.2, 0.25) is 0 Å². The van der Waals surface area contributed by atoms with E-state index in [9.17, 15) is 9.59 Å². The predicted molar refractivity (Wildman–Crippen MR) is 84.7 cm³/mol. The van der Waals surface area contributed by atoms with Crippen molar-refractivity contribution in [1.82, 2.24) is 0 Å². The van der Waals surface area contributed by atoms with Gasteiger partial charge in [0.25, 0.3) is 0 Å². The highest BCUT2D eigenvalue weighted by Gasteiger charge is 2.41. The lowest BCUT2D eigenvalue weighted by Crippen LogP contribution is -2.48. The summed E-state index contributed by atoms with van der Waals surface area (Å²) in [6.07, 6.45) is 2.99. The molecule has 1 rings (SSSR count). The van der Waals surface area contributed by atoms with Crippen LogP contribution in [-0.4, -0.2) is 43.2 Å². The van der Waals surface area contributed by atoms with Gasteiger partial charge in [-0.05, 0) is 13.3 Å². The molecule has 0 aromatic rings. The van der Waals surface area contributed by atoms with E-state index in [1.165, 1.54) is 0 Å².